The lowest BCUT2D eigenvalue weighted by Gasteiger charge is -2.32. The molecule has 1 aliphatic rings. The zero-order valence-corrected chi connectivity index (χ0v) is 71.9. The highest BCUT2D eigenvalue weighted by molar-refractivity contribution is 5.82. The number of carbonyl (C=O) groups is 6. The second-order valence-electron chi connectivity index (χ2n) is 39.1. The molecule has 584 valence electrons. The molecule has 1 saturated carbocycles. The largest absolute Gasteiger partial charge is 0.351 e. The first-order valence-electron chi connectivity index (χ1n) is 39.0. The van der Waals surface area contributed by atoms with E-state index in [2.05, 4.69) is 155 Å². The molecule has 6 unspecified atom stereocenters. The highest BCUT2D eigenvalue weighted by atomic mass is 16.2. The van der Waals surface area contributed by atoms with E-state index < -0.39 is 0 Å². The van der Waals surface area contributed by atoms with Crippen LogP contribution in [0.1, 0.15) is 376 Å². The molecule has 6 amide bonds. The molecule has 1 rings (SSSR count). The summed E-state index contributed by atoms with van der Waals surface area (Å²) in [5.74, 6) is 3.10. The first kappa shape index (κ1) is 103. The molecular weight excluding hydrogens is 1220 g/mol. The van der Waals surface area contributed by atoms with Crippen LogP contribution in [0.3, 0.4) is 0 Å². The SMILES string of the molecule is C=CCCC(CC(=C)C)C(=O)NC(C)(C)C.C=CCCC(CC(C)(C)C)C(=O)NC(C)(C)C.C=CCCC(CC1CCCC1)C(=O)NC(C)(C)C.CCCCC(C(=O)NC(C)(C)C)C(C)(C)C.CCCCC(C(=O)NC(C)(C)C)C(C)C.CCCCC(CC(C)(C)C)C(=O)NC(C)(C)C. The Kier molecular flexibility index (Phi) is 52.5. The van der Waals surface area contributed by atoms with Gasteiger partial charge in [-0.15, -0.1) is 26.3 Å². The molecule has 0 radical (unpaired) electrons. The minimum atomic E-state index is -0.168. The molecule has 1 aliphatic carbocycles. The molecule has 0 aromatic rings. The number of rotatable bonds is 31. The molecule has 0 spiro atoms. The van der Waals surface area contributed by atoms with E-state index in [1.165, 1.54) is 25.7 Å². The molecule has 0 aromatic carbocycles. The maximum absolute atomic E-state index is 12.3. The average Bonchev–Trinajstić information content (AvgIpc) is 1.03. The van der Waals surface area contributed by atoms with E-state index in [0.717, 1.165) is 133 Å². The highest BCUT2D eigenvalue weighted by Crippen LogP contribution is 2.34. The van der Waals surface area contributed by atoms with Crippen LogP contribution >= 0.6 is 0 Å². The quantitative estimate of drug-likeness (QED) is 0.0377. The van der Waals surface area contributed by atoms with Gasteiger partial charge in [-0.3, -0.25) is 28.8 Å². The molecule has 0 saturated heterocycles. The normalized spacial score (nSPS) is 14.9. The van der Waals surface area contributed by atoms with E-state index in [4.69, 9.17) is 0 Å². The van der Waals surface area contributed by atoms with E-state index >= 15 is 0 Å². The summed E-state index contributed by atoms with van der Waals surface area (Å²) in [6.07, 6.45) is 30.0. The molecular formula is C87H170N6O6. The van der Waals surface area contributed by atoms with Gasteiger partial charge in [-0.1, -0.05) is 185 Å². The number of nitrogens with one attached hydrogen (secondary N) is 6. The minimum absolute atomic E-state index is 0.0229. The molecule has 0 bridgehead atoms. The topological polar surface area (TPSA) is 175 Å². The summed E-state index contributed by atoms with van der Waals surface area (Å²) in [7, 11) is 0. The lowest BCUT2D eigenvalue weighted by molar-refractivity contribution is -0.130. The summed E-state index contributed by atoms with van der Waals surface area (Å²) in [5.41, 5.74) is 0.680. The molecule has 6 atom stereocenters. The van der Waals surface area contributed by atoms with Crippen molar-refractivity contribution in [2.24, 2.45) is 63.6 Å². The van der Waals surface area contributed by atoms with Crippen LogP contribution in [0.15, 0.2) is 50.1 Å². The van der Waals surface area contributed by atoms with Gasteiger partial charge in [-0.05, 0) is 243 Å². The van der Waals surface area contributed by atoms with Gasteiger partial charge in [0.15, 0.2) is 0 Å². The van der Waals surface area contributed by atoms with E-state index in [1.807, 2.05) is 150 Å². The van der Waals surface area contributed by atoms with Crippen molar-refractivity contribution >= 4 is 35.4 Å². The van der Waals surface area contributed by atoms with Gasteiger partial charge in [0.1, 0.15) is 0 Å². The molecule has 0 heterocycles. The van der Waals surface area contributed by atoms with Crippen molar-refractivity contribution < 1.29 is 28.8 Å². The Morgan fingerprint density at radius 1 is 0.394 bits per heavy atom. The Balaban J connectivity index is -0.000000357. The van der Waals surface area contributed by atoms with Gasteiger partial charge in [-0.2, -0.15) is 0 Å². The first-order valence-corrected chi connectivity index (χ1v) is 39.0. The molecule has 12 heteroatoms. The number of hydrogen-bond acceptors (Lipinski definition) is 6. The zero-order chi connectivity index (χ0) is 78.8. The third-order valence-electron chi connectivity index (χ3n) is 16.2. The van der Waals surface area contributed by atoms with Gasteiger partial charge < -0.3 is 31.9 Å². The molecule has 99 heavy (non-hydrogen) atoms. The summed E-state index contributed by atoms with van der Waals surface area (Å²) in [4.78, 5) is 72.9. The van der Waals surface area contributed by atoms with Crippen molar-refractivity contribution in [1.82, 2.24) is 31.9 Å². The van der Waals surface area contributed by atoms with Crippen LogP contribution in [0.4, 0.5) is 0 Å². The smallest absolute Gasteiger partial charge is 0.224 e. The summed E-state index contributed by atoms with van der Waals surface area (Å²) in [5, 5.41) is 18.5. The Morgan fingerprint density at radius 3 is 0.980 bits per heavy atom. The van der Waals surface area contributed by atoms with Crippen LogP contribution in [0.2, 0.25) is 0 Å². The fourth-order valence-electron chi connectivity index (χ4n) is 11.7. The maximum Gasteiger partial charge on any atom is 0.224 e. The van der Waals surface area contributed by atoms with Crippen molar-refractivity contribution in [3.8, 4) is 0 Å². The number of carbonyl (C=O) groups excluding carboxylic acids is 6. The molecule has 12 nitrogen and oxygen atoms in total. The highest BCUT2D eigenvalue weighted by Gasteiger charge is 2.34. The van der Waals surface area contributed by atoms with Crippen molar-refractivity contribution in [2.75, 3.05) is 0 Å². The second-order valence-corrected chi connectivity index (χ2v) is 39.1. The van der Waals surface area contributed by atoms with Crippen LogP contribution in [-0.2, 0) is 28.8 Å². The third kappa shape index (κ3) is 66.8. The second kappa shape index (κ2) is 50.2. The molecule has 0 aromatic heterocycles. The lowest BCUT2D eigenvalue weighted by atomic mass is 9.77. The van der Waals surface area contributed by atoms with E-state index in [1.54, 1.807) is 0 Å². The van der Waals surface area contributed by atoms with Crippen LogP contribution in [0.5, 0.6) is 0 Å². The van der Waals surface area contributed by atoms with Gasteiger partial charge in [0, 0.05) is 68.7 Å². The van der Waals surface area contributed by atoms with Crippen LogP contribution in [-0.4, -0.2) is 68.7 Å². The predicted molar refractivity (Wildman–Crippen MR) is 434 cm³/mol. The molecule has 1 fully saturated rings. The monoisotopic (exact) mass is 1400 g/mol. The Bertz CT molecular complexity index is 2250. The van der Waals surface area contributed by atoms with Crippen molar-refractivity contribution in [2.45, 2.75) is 409 Å². The molecule has 6 N–H and O–H groups in total. The van der Waals surface area contributed by atoms with Crippen LogP contribution < -0.4 is 31.9 Å². The van der Waals surface area contributed by atoms with Gasteiger partial charge in [-0.25, -0.2) is 0 Å². The first-order chi connectivity index (χ1) is 44.6. The van der Waals surface area contributed by atoms with Gasteiger partial charge >= 0.3 is 0 Å². The Labute approximate surface area is 616 Å². The van der Waals surface area contributed by atoms with Crippen molar-refractivity contribution in [1.29, 1.82) is 0 Å². The fourth-order valence-corrected chi connectivity index (χ4v) is 11.7. The van der Waals surface area contributed by atoms with E-state index in [-0.39, 0.29) is 120 Å². The van der Waals surface area contributed by atoms with Crippen molar-refractivity contribution in [3.63, 3.8) is 0 Å². The Hall–Kier alpha value is -4.22. The fraction of sp³-hybridized carbons (Fsp3) is 0.839. The third-order valence-corrected chi connectivity index (χ3v) is 16.2. The number of hydrogen-bond donors (Lipinski definition) is 6. The number of amides is 6. The summed E-state index contributed by atoms with van der Waals surface area (Å²) < 4.78 is 0. The minimum Gasteiger partial charge on any atom is -0.351 e. The van der Waals surface area contributed by atoms with E-state index in [0.29, 0.717) is 5.92 Å². The van der Waals surface area contributed by atoms with Crippen LogP contribution in [0.25, 0.3) is 0 Å². The van der Waals surface area contributed by atoms with Gasteiger partial charge in [0.05, 0.1) is 0 Å². The lowest BCUT2D eigenvalue weighted by Crippen LogP contribution is -2.46. The maximum atomic E-state index is 12.3. The van der Waals surface area contributed by atoms with Crippen LogP contribution in [0, 0.1) is 63.6 Å². The summed E-state index contributed by atoms with van der Waals surface area (Å²) in [6.45, 7) is 83.9. The Morgan fingerprint density at radius 2 is 0.677 bits per heavy atom. The average molecular weight is 1400 g/mol. The molecule has 0 aliphatic heterocycles. The predicted octanol–water partition coefficient (Wildman–Crippen LogP) is 22.7. The summed E-state index contributed by atoms with van der Waals surface area (Å²) in [6, 6.07) is 0. The zero-order valence-electron chi connectivity index (χ0n) is 71.9. The van der Waals surface area contributed by atoms with Gasteiger partial charge in [0.2, 0.25) is 35.4 Å². The van der Waals surface area contributed by atoms with Crippen molar-refractivity contribution in [3.05, 3.63) is 50.1 Å². The van der Waals surface area contributed by atoms with E-state index in [9.17, 15) is 28.8 Å². The number of allylic oxidation sites excluding steroid dienone is 4. The number of unbranched alkanes of at least 4 members (excludes halogenated alkanes) is 3. The standard InChI is InChI=1S/C16H29NO.C15H31NO.C15H29NO.C14H29NO.C14H25NO.C13H27NO/c1-5-6-11-14(12-13-9-7-8-10-13)15(18)17-16(2,3)4;2*1-8-9-10-12(11-14(2,3)4)13(17)16-15(5,6)7;1-8-9-10-11(13(2,3)4)12(16)15-14(5,6)7;1-7-8-9-12(10-11(2)3)13(16)15-14(4,5)6;1-7-8-9-11(10(2)3)12(15)14-13(4,5)6/h5,13-14H,1,6-12H2,2-4H3,(H,17,18);12H,8-11H2,1-7H3,(H,16,17);8,12H,1,9-11H2,2-7H3,(H,16,17);11H,8-10H2,1-7H3,(H,15,16);7,12H,1-2,8-10H2,3-6H3,(H,15,16);10-11H,7-9H2,1-6H3,(H,14,15). The summed E-state index contributed by atoms with van der Waals surface area (Å²) >= 11 is 0. The van der Waals surface area contributed by atoms with Gasteiger partial charge in [0.25, 0.3) is 0 Å².